The summed E-state index contributed by atoms with van der Waals surface area (Å²) in [5.41, 5.74) is 2.22. The molecule has 1 aliphatic rings. The summed E-state index contributed by atoms with van der Waals surface area (Å²) in [5.74, 6) is -0.318. The average Bonchev–Trinajstić information content (AvgIpc) is 3.12. The Kier molecular flexibility index (Phi) is 6.29. The Bertz CT molecular complexity index is 843. The van der Waals surface area contributed by atoms with Crippen LogP contribution in [0, 0.1) is 5.82 Å². The minimum absolute atomic E-state index is 0.194. The summed E-state index contributed by atoms with van der Waals surface area (Å²) in [6.07, 6.45) is 0.204. The Hall–Kier alpha value is -2.60. The fraction of sp³-hybridized carbons (Fsp3) is 0.300. The third kappa shape index (κ3) is 4.98. The number of hydrogen-bond acceptors (Lipinski definition) is 3. The van der Waals surface area contributed by atoms with E-state index in [1.54, 1.807) is 23.1 Å². The number of urea groups is 1. The Morgan fingerprint density at radius 1 is 1.33 bits per heavy atom. The number of hydrogen-bond donors (Lipinski definition) is 1. The number of carbonyl (C=O) groups excluding carboxylic acids is 1. The van der Waals surface area contributed by atoms with Crippen LogP contribution in [0.4, 0.5) is 9.18 Å². The Balaban J connectivity index is 1.68. The zero-order chi connectivity index (χ0) is 19.2. The molecule has 2 amide bonds. The second-order valence-electron chi connectivity index (χ2n) is 6.29. The van der Waals surface area contributed by atoms with Gasteiger partial charge in [0.05, 0.1) is 12.3 Å². The maximum atomic E-state index is 13.4. The third-order valence-electron chi connectivity index (χ3n) is 4.25. The molecule has 0 spiro atoms. The molecule has 1 unspecified atom stereocenters. The summed E-state index contributed by atoms with van der Waals surface area (Å²) >= 11 is 6.24. The number of oxime groups is 1. The first kappa shape index (κ1) is 19.2. The first-order valence-electron chi connectivity index (χ1n) is 8.81. The van der Waals surface area contributed by atoms with Crippen molar-refractivity contribution in [2.45, 2.75) is 26.0 Å². The van der Waals surface area contributed by atoms with Gasteiger partial charge in [-0.1, -0.05) is 47.1 Å². The molecule has 1 N–H and O–H groups in total. The number of rotatable bonds is 6. The van der Waals surface area contributed by atoms with Crippen LogP contribution in [0.2, 0.25) is 5.02 Å². The van der Waals surface area contributed by atoms with Crippen LogP contribution >= 0.6 is 11.6 Å². The number of benzene rings is 2. The average molecular weight is 390 g/mol. The molecule has 2 aromatic rings. The lowest BCUT2D eigenvalue weighted by Crippen LogP contribution is -2.43. The van der Waals surface area contributed by atoms with Crippen LogP contribution < -0.4 is 5.32 Å². The normalized spacial score (nSPS) is 15.8. The van der Waals surface area contributed by atoms with Crippen LogP contribution in [0.1, 0.15) is 24.5 Å². The number of nitrogens with zero attached hydrogens (tertiary/aromatic N) is 2. The van der Waals surface area contributed by atoms with Crippen LogP contribution in [0.15, 0.2) is 53.7 Å². The van der Waals surface area contributed by atoms with E-state index < -0.39 is 0 Å². The SMILES string of the molecule is CCNC(=O)N(Cc1ccccc1Cl)CC1CC(c2cccc(F)c2)=NO1. The second kappa shape index (κ2) is 8.86. The van der Waals surface area contributed by atoms with Crippen molar-refractivity contribution in [3.05, 3.63) is 70.5 Å². The molecule has 7 heteroatoms. The van der Waals surface area contributed by atoms with Crippen LogP contribution in [0.25, 0.3) is 0 Å². The van der Waals surface area contributed by atoms with E-state index in [-0.39, 0.29) is 18.0 Å². The maximum absolute atomic E-state index is 13.4. The molecular formula is C20H21ClFN3O2. The van der Waals surface area contributed by atoms with Gasteiger partial charge in [0.15, 0.2) is 6.10 Å². The van der Waals surface area contributed by atoms with Gasteiger partial charge in [-0.05, 0) is 30.7 Å². The maximum Gasteiger partial charge on any atom is 0.317 e. The third-order valence-corrected chi connectivity index (χ3v) is 4.62. The standard InChI is InChI=1S/C20H21ClFN3O2/c1-2-23-20(26)25(12-15-6-3-4-9-18(15)21)13-17-11-19(24-27-17)14-7-5-8-16(22)10-14/h3-10,17H,2,11-13H2,1H3,(H,23,26). The van der Waals surface area contributed by atoms with E-state index in [1.807, 2.05) is 25.1 Å². The smallest absolute Gasteiger partial charge is 0.317 e. The Morgan fingerprint density at radius 2 is 2.15 bits per heavy atom. The largest absolute Gasteiger partial charge is 0.390 e. The highest BCUT2D eigenvalue weighted by Gasteiger charge is 2.27. The lowest BCUT2D eigenvalue weighted by molar-refractivity contribution is 0.0590. The predicted octanol–water partition coefficient (Wildman–Crippen LogP) is 4.20. The molecule has 0 saturated heterocycles. The number of nitrogens with one attached hydrogen (secondary N) is 1. The molecule has 1 heterocycles. The van der Waals surface area contributed by atoms with Crippen molar-refractivity contribution >= 4 is 23.3 Å². The van der Waals surface area contributed by atoms with Gasteiger partial charge < -0.3 is 15.1 Å². The molecule has 0 fully saturated rings. The molecular weight excluding hydrogens is 369 g/mol. The highest BCUT2D eigenvalue weighted by atomic mass is 35.5. The van der Waals surface area contributed by atoms with E-state index in [0.717, 1.165) is 5.56 Å². The van der Waals surface area contributed by atoms with E-state index in [1.165, 1.54) is 12.1 Å². The summed E-state index contributed by atoms with van der Waals surface area (Å²) in [5, 5.41) is 7.50. The molecule has 1 aliphatic heterocycles. The summed E-state index contributed by atoms with van der Waals surface area (Å²) in [6.45, 7) is 3.09. The highest BCUT2D eigenvalue weighted by Crippen LogP contribution is 2.21. The number of halogens is 2. The van der Waals surface area contributed by atoms with Crippen molar-refractivity contribution in [1.29, 1.82) is 0 Å². The predicted molar refractivity (Wildman–Crippen MR) is 103 cm³/mol. The molecule has 0 radical (unpaired) electrons. The van der Waals surface area contributed by atoms with E-state index >= 15 is 0 Å². The monoisotopic (exact) mass is 389 g/mol. The first-order chi connectivity index (χ1) is 13.1. The van der Waals surface area contributed by atoms with Gasteiger partial charge in [0.25, 0.3) is 0 Å². The summed E-state index contributed by atoms with van der Waals surface area (Å²) < 4.78 is 13.4. The van der Waals surface area contributed by atoms with Crippen molar-refractivity contribution in [3.63, 3.8) is 0 Å². The molecule has 5 nitrogen and oxygen atoms in total. The van der Waals surface area contributed by atoms with Gasteiger partial charge >= 0.3 is 6.03 Å². The topological polar surface area (TPSA) is 53.9 Å². The minimum Gasteiger partial charge on any atom is -0.390 e. The Labute approximate surface area is 162 Å². The number of carbonyl (C=O) groups is 1. The van der Waals surface area contributed by atoms with Crippen molar-refractivity contribution in [2.75, 3.05) is 13.1 Å². The zero-order valence-electron chi connectivity index (χ0n) is 15.0. The Morgan fingerprint density at radius 3 is 2.89 bits per heavy atom. The summed E-state index contributed by atoms with van der Waals surface area (Å²) in [6, 6.07) is 13.5. The molecule has 0 aromatic heterocycles. The van der Waals surface area contributed by atoms with Gasteiger partial charge in [0.1, 0.15) is 5.82 Å². The van der Waals surface area contributed by atoms with Crippen molar-refractivity contribution < 1.29 is 14.0 Å². The van der Waals surface area contributed by atoms with Gasteiger partial charge in [-0.3, -0.25) is 0 Å². The molecule has 2 aromatic carbocycles. The minimum atomic E-state index is -0.318. The molecule has 0 saturated carbocycles. The van der Waals surface area contributed by atoms with Gasteiger partial charge in [0.2, 0.25) is 0 Å². The van der Waals surface area contributed by atoms with Crippen molar-refractivity contribution in [1.82, 2.24) is 10.2 Å². The molecule has 142 valence electrons. The van der Waals surface area contributed by atoms with Gasteiger partial charge in [-0.25, -0.2) is 9.18 Å². The van der Waals surface area contributed by atoms with Crippen molar-refractivity contribution in [2.24, 2.45) is 5.16 Å². The summed E-state index contributed by atoms with van der Waals surface area (Å²) in [7, 11) is 0. The summed E-state index contributed by atoms with van der Waals surface area (Å²) in [4.78, 5) is 19.6. The van der Waals surface area contributed by atoms with Crippen LogP contribution in [-0.2, 0) is 11.4 Å². The highest BCUT2D eigenvalue weighted by molar-refractivity contribution is 6.31. The van der Waals surface area contributed by atoms with Gasteiger partial charge in [-0.2, -0.15) is 0 Å². The van der Waals surface area contributed by atoms with E-state index in [4.69, 9.17) is 16.4 Å². The van der Waals surface area contributed by atoms with E-state index in [2.05, 4.69) is 10.5 Å². The molecule has 27 heavy (non-hydrogen) atoms. The lowest BCUT2D eigenvalue weighted by atomic mass is 10.0. The molecule has 0 aliphatic carbocycles. The molecule has 3 rings (SSSR count). The second-order valence-corrected chi connectivity index (χ2v) is 6.69. The van der Waals surface area contributed by atoms with Gasteiger partial charge in [0, 0.05) is 30.1 Å². The quantitative estimate of drug-likeness (QED) is 0.804. The fourth-order valence-corrected chi connectivity index (χ4v) is 3.12. The van der Waals surface area contributed by atoms with Crippen LogP contribution in [0.5, 0.6) is 0 Å². The van der Waals surface area contributed by atoms with E-state index in [0.29, 0.717) is 42.4 Å². The van der Waals surface area contributed by atoms with Gasteiger partial charge in [-0.15, -0.1) is 0 Å². The first-order valence-corrected chi connectivity index (χ1v) is 9.19. The van der Waals surface area contributed by atoms with Crippen LogP contribution in [-0.4, -0.2) is 35.8 Å². The van der Waals surface area contributed by atoms with Crippen LogP contribution in [0.3, 0.4) is 0 Å². The van der Waals surface area contributed by atoms with E-state index in [9.17, 15) is 9.18 Å². The molecule has 1 atom stereocenters. The zero-order valence-corrected chi connectivity index (χ0v) is 15.7. The number of amides is 2. The molecule has 0 bridgehead atoms. The lowest BCUT2D eigenvalue weighted by Gasteiger charge is -2.25. The van der Waals surface area contributed by atoms with Crippen molar-refractivity contribution in [3.8, 4) is 0 Å². The fourth-order valence-electron chi connectivity index (χ4n) is 2.93.